The summed E-state index contributed by atoms with van der Waals surface area (Å²) in [6.45, 7) is 10.0. The van der Waals surface area contributed by atoms with Crippen LogP contribution in [0, 0.1) is 27.7 Å². The molecule has 1 aromatic carbocycles. The Morgan fingerprint density at radius 1 is 1.08 bits per heavy atom. The Bertz CT molecular complexity index is 844. The monoisotopic (exact) mass is 343 g/mol. The second-order valence-electron chi connectivity index (χ2n) is 5.90. The number of nitrogens with zero attached hydrogens (tertiary/aromatic N) is 3. The first kappa shape index (κ1) is 16.6. The van der Waals surface area contributed by atoms with E-state index in [2.05, 4.69) is 22.0 Å². The maximum absolute atomic E-state index is 6.23. The molecule has 0 N–H and O–H groups in total. The van der Waals surface area contributed by atoms with Crippen molar-refractivity contribution in [1.82, 2.24) is 15.1 Å². The van der Waals surface area contributed by atoms with Gasteiger partial charge < -0.3 is 9.26 Å². The van der Waals surface area contributed by atoms with Crippen molar-refractivity contribution in [2.75, 3.05) is 0 Å². The van der Waals surface area contributed by atoms with E-state index in [0.29, 0.717) is 11.7 Å². The smallest absolute Gasteiger partial charge is 0.223 e. The average Bonchev–Trinajstić information content (AvgIpc) is 3.09. The van der Waals surface area contributed by atoms with Crippen LogP contribution in [-0.4, -0.2) is 15.1 Å². The molecular formula is C18H21N3O2S. The summed E-state index contributed by atoms with van der Waals surface area (Å²) in [6, 6.07) is 4.06. The van der Waals surface area contributed by atoms with Crippen molar-refractivity contribution in [3.8, 4) is 22.2 Å². The van der Waals surface area contributed by atoms with Crippen molar-refractivity contribution in [3.05, 3.63) is 39.9 Å². The van der Waals surface area contributed by atoms with Crippen molar-refractivity contribution in [2.45, 2.75) is 47.5 Å². The van der Waals surface area contributed by atoms with E-state index < -0.39 is 0 Å². The molecular weight excluding hydrogens is 322 g/mol. The van der Waals surface area contributed by atoms with E-state index >= 15 is 0 Å². The summed E-state index contributed by atoms with van der Waals surface area (Å²) in [5.41, 5.74) is 4.06. The standard InChI is InChI=1S/C18H21N3O2S/c1-6-7-15-18(24-13(5)20-15)22-16-10(2)8-14(9-11(16)3)17-19-12(4)23-21-17/h8-9H,6-7H2,1-5H3. The molecule has 2 heterocycles. The lowest BCUT2D eigenvalue weighted by molar-refractivity contribution is 0.394. The molecule has 0 aliphatic rings. The molecule has 0 aliphatic heterocycles. The van der Waals surface area contributed by atoms with E-state index in [-0.39, 0.29) is 0 Å². The SMILES string of the molecule is CCCc1nc(C)sc1Oc1c(C)cc(-c2noc(C)n2)cc1C. The lowest BCUT2D eigenvalue weighted by Gasteiger charge is -2.12. The number of hydrogen-bond donors (Lipinski definition) is 0. The molecule has 0 unspecified atom stereocenters. The summed E-state index contributed by atoms with van der Waals surface area (Å²) in [4.78, 5) is 8.88. The van der Waals surface area contributed by atoms with Gasteiger partial charge in [0.2, 0.25) is 16.8 Å². The van der Waals surface area contributed by atoms with Gasteiger partial charge >= 0.3 is 0 Å². The number of thiazole rings is 1. The number of aryl methyl sites for hydroxylation is 5. The number of benzene rings is 1. The fourth-order valence-corrected chi connectivity index (χ4v) is 3.49. The summed E-state index contributed by atoms with van der Waals surface area (Å²) in [6.07, 6.45) is 1.98. The zero-order valence-electron chi connectivity index (χ0n) is 14.6. The van der Waals surface area contributed by atoms with Crippen LogP contribution >= 0.6 is 11.3 Å². The molecule has 0 fully saturated rings. The van der Waals surface area contributed by atoms with Crippen LogP contribution in [0.15, 0.2) is 16.7 Å². The van der Waals surface area contributed by atoms with E-state index in [4.69, 9.17) is 9.26 Å². The minimum absolute atomic E-state index is 0.560. The van der Waals surface area contributed by atoms with Gasteiger partial charge in [0.05, 0.1) is 10.7 Å². The molecule has 0 spiro atoms. The molecule has 3 aromatic rings. The second kappa shape index (κ2) is 6.73. The highest BCUT2D eigenvalue weighted by Gasteiger charge is 2.16. The number of rotatable bonds is 5. The van der Waals surface area contributed by atoms with Gasteiger partial charge in [0.1, 0.15) is 5.75 Å². The van der Waals surface area contributed by atoms with Crippen LogP contribution in [-0.2, 0) is 6.42 Å². The van der Waals surface area contributed by atoms with Crippen LogP contribution < -0.4 is 4.74 Å². The van der Waals surface area contributed by atoms with E-state index in [1.807, 2.05) is 32.9 Å². The quantitative estimate of drug-likeness (QED) is 0.639. The van der Waals surface area contributed by atoms with Crippen molar-refractivity contribution < 1.29 is 9.26 Å². The molecule has 126 valence electrons. The summed E-state index contributed by atoms with van der Waals surface area (Å²) >= 11 is 1.60. The van der Waals surface area contributed by atoms with Crippen LogP contribution in [0.25, 0.3) is 11.4 Å². The van der Waals surface area contributed by atoms with Crippen LogP contribution in [0.3, 0.4) is 0 Å². The lowest BCUT2D eigenvalue weighted by atomic mass is 10.1. The number of hydrogen-bond acceptors (Lipinski definition) is 6. The van der Waals surface area contributed by atoms with E-state index in [0.717, 1.165) is 51.0 Å². The minimum Gasteiger partial charge on any atom is -0.444 e. The zero-order chi connectivity index (χ0) is 17.3. The van der Waals surface area contributed by atoms with Gasteiger partial charge in [-0.2, -0.15) is 4.98 Å². The average molecular weight is 343 g/mol. The highest BCUT2D eigenvalue weighted by atomic mass is 32.1. The van der Waals surface area contributed by atoms with Crippen LogP contribution in [0.5, 0.6) is 10.8 Å². The molecule has 0 aliphatic carbocycles. The Morgan fingerprint density at radius 3 is 2.38 bits per heavy atom. The summed E-state index contributed by atoms with van der Waals surface area (Å²) in [5.74, 6) is 2.04. The molecule has 6 heteroatoms. The molecule has 24 heavy (non-hydrogen) atoms. The predicted molar refractivity (Wildman–Crippen MR) is 94.9 cm³/mol. The Hall–Kier alpha value is -2.21. The van der Waals surface area contributed by atoms with Crippen molar-refractivity contribution in [2.24, 2.45) is 0 Å². The molecule has 0 saturated heterocycles. The molecule has 5 nitrogen and oxygen atoms in total. The van der Waals surface area contributed by atoms with Crippen molar-refractivity contribution in [1.29, 1.82) is 0 Å². The second-order valence-corrected chi connectivity index (χ2v) is 7.06. The third kappa shape index (κ3) is 3.33. The van der Waals surface area contributed by atoms with Crippen LogP contribution in [0.4, 0.5) is 0 Å². The Morgan fingerprint density at radius 2 is 1.79 bits per heavy atom. The molecule has 2 aromatic heterocycles. The number of ether oxygens (including phenoxy) is 1. The summed E-state index contributed by atoms with van der Waals surface area (Å²) in [7, 11) is 0. The molecule has 3 rings (SSSR count). The maximum atomic E-state index is 6.23. The van der Waals surface area contributed by atoms with Gasteiger partial charge in [0.15, 0.2) is 0 Å². The van der Waals surface area contributed by atoms with E-state index in [9.17, 15) is 0 Å². The molecule has 0 amide bonds. The van der Waals surface area contributed by atoms with Crippen LogP contribution in [0.1, 0.15) is 41.1 Å². The van der Waals surface area contributed by atoms with Gasteiger partial charge in [-0.1, -0.05) is 29.8 Å². The molecule has 0 atom stereocenters. The first-order chi connectivity index (χ1) is 11.5. The topological polar surface area (TPSA) is 61.0 Å². The van der Waals surface area contributed by atoms with E-state index in [1.165, 1.54) is 0 Å². The first-order valence-corrected chi connectivity index (χ1v) is 8.85. The van der Waals surface area contributed by atoms with Gasteiger partial charge in [0.25, 0.3) is 0 Å². The minimum atomic E-state index is 0.560. The Balaban J connectivity index is 1.95. The van der Waals surface area contributed by atoms with Gasteiger partial charge in [-0.3, -0.25) is 0 Å². The van der Waals surface area contributed by atoms with Gasteiger partial charge in [-0.25, -0.2) is 4.98 Å². The van der Waals surface area contributed by atoms with Gasteiger partial charge in [0, 0.05) is 12.5 Å². The van der Waals surface area contributed by atoms with Crippen LogP contribution in [0.2, 0.25) is 0 Å². The zero-order valence-corrected chi connectivity index (χ0v) is 15.5. The lowest BCUT2D eigenvalue weighted by Crippen LogP contribution is -1.95. The normalized spacial score (nSPS) is 11.0. The number of aromatic nitrogens is 3. The summed E-state index contributed by atoms with van der Waals surface area (Å²) < 4.78 is 11.3. The third-order valence-corrected chi connectivity index (χ3v) is 4.59. The largest absolute Gasteiger partial charge is 0.444 e. The van der Waals surface area contributed by atoms with E-state index in [1.54, 1.807) is 18.3 Å². The Kier molecular flexibility index (Phi) is 4.66. The third-order valence-electron chi connectivity index (χ3n) is 3.70. The fraction of sp³-hybridized carbons (Fsp3) is 0.389. The van der Waals surface area contributed by atoms with Gasteiger partial charge in [-0.05, 0) is 50.5 Å². The molecule has 0 bridgehead atoms. The summed E-state index contributed by atoms with van der Waals surface area (Å²) in [5, 5.41) is 5.91. The fourth-order valence-electron chi connectivity index (χ4n) is 2.68. The molecule has 0 saturated carbocycles. The molecule has 0 radical (unpaired) electrons. The maximum Gasteiger partial charge on any atom is 0.223 e. The Labute approximate surface area is 145 Å². The highest BCUT2D eigenvalue weighted by molar-refractivity contribution is 7.13. The first-order valence-electron chi connectivity index (χ1n) is 8.04. The predicted octanol–water partition coefficient (Wildman–Crippen LogP) is 5.17. The van der Waals surface area contributed by atoms with Gasteiger partial charge in [-0.15, -0.1) is 0 Å². The van der Waals surface area contributed by atoms with Crippen molar-refractivity contribution >= 4 is 11.3 Å². The van der Waals surface area contributed by atoms with Crippen molar-refractivity contribution in [3.63, 3.8) is 0 Å². The highest BCUT2D eigenvalue weighted by Crippen LogP contribution is 2.37.